The zero-order valence-electron chi connectivity index (χ0n) is 9.93. The van der Waals surface area contributed by atoms with E-state index < -0.39 is 23.5 Å². The Bertz CT molecular complexity index is 652. The van der Waals surface area contributed by atoms with E-state index in [4.69, 9.17) is 17.4 Å². The largest absolute Gasteiger partial charge is 0.271 e. The van der Waals surface area contributed by atoms with Gasteiger partial charge in [0.25, 0.3) is 0 Å². The fraction of sp³-hybridized carbons (Fsp3) is 0.0769. The lowest BCUT2D eigenvalue weighted by atomic mass is 9.98. The molecule has 1 unspecified atom stereocenters. The lowest BCUT2D eigenvalue weighted by molar-refractivity contribution is 0.433. The van der Waals surface area contributed by atoms with Crippen LogP contribution in [0.25, 0.3) is 0 Å². The van der Waals surface area contributed by atoms with Gasteiger partial charge in [-0.15, -0.1) is 0 Å². The molecule has 0 bridgehead atoms. The van der Waals surface area contributed by atoms with Crippen molar-refractivity contribution in [3.63, 3.8) is 0 Å². The first-order valence-corrected chi connectivity index (χ1v) is 6.67. The average Bonchev–Trinajstić information content (AvgIpc) is 2.41. The van der Waals surface area contributed by atoms with E-state index in [-0.39, 0.29) is 5.56 Å². The summed E-state index contributed by atoms with van der Waals surface area (Å²) in [5, 5.41) is 0.312. The van der Waals surface area contributed by atoms with Crippen LogP contribution in [0.5, 0.6) is 0 Å². The molecule has 0 fully saturated rings. The first kappa shape index (κ1) is 15.3. The molecule has 0 aliphatic carbocycles. The molecule has 0 aliphatic rings. The van der Waals surface area contributed by atoms with Crippen molar-refractivity contribution in [3.8, 4) is 0 Å². The second-order valence-corrected chi connectivity index (χ2v) is 5.35. The third-order valence-electron chi connectivity index (χ3n) is 2.82. The Kier molecular flexibility index (Phi) is 4.70. The maximum absolute atomic E-state index is 13.8. The summed E-state index contributed by atoms with van der Waals surface area (Å²) in [6.07, 6.45) is 0. The van der Waals surface area contributed by atoms with Crippen LogP contribution < -0.4 is 11.3 Å². The summed E-state index contributed by atoms with van der Waals surface area (Å²) in [7, 11) is 0. The third kappa shape index (κ3) is 2.83. The van der Waals surface area contributed by atoms with Gasteiger partial charge >= 0.3 is 0 Å². The summed E-state index contributed by atoms with van der Waals surface area (Å²) in [5.41, 5.74) is 2.67. The van der Waals surface area contributed by atoms with E-state index in [2.05, 4.69) is 21.4 Å². The molecule has 2 nitrogen and oxygen atoms in total. The van der Waals surface area contributed by atoms with Crippen LogP contribution in [0.4, 0.5) is 13.2 Å². The minimum absolute atomic E-state index is 0.129. The van der Waals surface area contributed by atoms with E-state index in [1.807, 2.05) is 0 Å². The van der Waals surface area contributed by atoms with Gasteiger partial charge in [0.15, 0.2) is 17.5 Å². The number of hydrazine groups is 1. The number of nitrogens with two attached hydrogens (primary N) is 1. The van der Waals surface area contributed by atoms with Crippen molar-refractivity contribution >= 4 is 27.5 Å². The smallest absolute Gasteiger partial charge is 0.194 e. The monoisotopic (exact) mass is 364 g/mol. The summed E-state index contributed by atoms with van der Waals surface area (Å²) < 4.78 is 40.8. The van der Waals surface area contributed by atoms with Crippen molar-refractivity contribution in [2.45, 2.75) is 6.04 Å². The van der Waals surface area contributed by atoms with Crippen molar-refractivity contribution in [3.05, 3.63) is 68.4 Å². The van der Waals surface area contributed by atoms with Gasteiger partial charge in [0.05, 0.1) is 6.04 Å². The van der Waals surface area contributed by atoms with Crippen LogP contribution in [0.1, 0.15) is 17.2 Å². The third-order valence-corrected chi connectivity index (χ3v) is 3.64. The Balaban J connectivity index is 2.55. The molecule has 7 heteroatoms. The summed E-state index contributed by atoms with van der Waals surface area (Å²) in [6.45, 7) is 0. The molecule has 2 rings (SSSR count). The van der Waals surface area contributed by atoms with Crippen LogP contribution in [-0.4, -0.2) is 0 Å². The Hall–Kier alpha value is -1.08. The molecule has 0 spiro atoms. The molecule has 0 heterocycles. The van der Waals surface area contributed by atoms with Crippen molar-refractivity contribution < 1.29 is 13.2 Å². The number of rotatable bonds is 3. The molecule has 2 aromatic rings. The minimum atomic E-state index is -1.55. The van der Waals surface area contributed by atoms with Gasteiger partial charge in [0.1, 0.15) is 0 Å². The molecule has 0 saturated carbocycles. The molecule has 0 radical (unpaired) electrons. The predicted molar refractivity (Wildman–Crippen MR) is 74.6 cm³/mol. The quantitative estimate of drug-likeness (QED) is 0.489. The van der Waals surface area contributed by atoms with Gasteiger partial charge in [0.2, 0.25) is 0 Å². The summed E-state index contributed by atoms with van der Waals surface area (Å²) in [5.74, 6) is 1.29. The fourth-order valence-electron chi connectivity index (χ4n) is 1.85. The Labute approximate surface area is 126 Å². The topological polar surface area (TPSA) is 38.0 Å². The highest BCUT2D eigenvalue weighted by Gasteiger charge is 2.23. The lowest BCUT2D eigenvalue weighted by Crippen LogP contribution is -2.30. The highest BCUT2D eigenvalue weighted by Crippen LogP contribution is 2.32. The van der Waals surface area contributed by atoms with Gasteiger partial charge in [-0.1, -0.05) is 39.7 Å². The highest BCUT2D eigenvalue weighted by molar-refractivity contribution is 9.10. The number of hydrogen-bond acceptors (Lipinski definition) is 2. The highest BCUT2D eigenvalue weighted by atomic mass is 79.9. The van der Waals surface area contributed by atoms with Crippen LogP contribution >= 0.6 is 27.5 Å². The Morgan fingerprint density at radius 1 is 1.05 bits per heavy atom. The van der Waals surface area contributed by atoms with E-state index in [0.29, 0.717) is 10.6 Å². The number of hydrogen-bond donors (Lipinski definition) is 2. The Morgan fingerprint density at radius 3 is 2.30 bits per heavy atom. The normalized spacial score (nSPS) is 12.5. The molecule has 0 amide bonds. The van der Waals surface area contributed by atoms with Gasteiger partial charge in [-0.3, -0.25) is 5.84 Å². The van der Waals surface area contributed by atoms with Crippen LogP contribution in [0.2, 0.25) is 5.02 Å². The second-order valence-electron chi connectivity index (χ2n) is 4.03. The van der Waals surface area contributed by atoms with Crippen LogP contribution in [0.3, 0.4) is 0 Å². The number of nitrogens with one attached hydrogen (secondary N) is 1. The summed E-state index contributed by atoms with van der Waals surface area (Å²) >= 11 is 9.30. The van der Waals surface area contributed by atoms with E-state index in [1.54, 1.807) is 18.2 Å². The summed E-state index contributed by atoms with van der Waals surface area (Å²) in [6, 6.07) is 5.95. The van der Waals surface area contributed by atoms with Crippen molar-refractivity contribution in [2.75, 3.05) is 0 Å². The molecule has 106 valence electrons. The molecule has 2 aromatic carbocycles. The SMILES string of the molecule is NNC(c1ccc(Br)cc1Cl)c1ccc(F)c(F)c1F. The van der Waals surface area contributed by atoms with Crippen LogP contribution in [-0.2, 0) is 0 Å². The molecule has 0 saturated heterocycles. The number of benzene rings is 2. The van der Waals surface area contributed by atoms with Crippen LogP contribution in [0.15, 0.2) is 34.8 Å². The van der Waals surface area contributed by atoms with E-state index in [0.717, 1.165) is 16.6 Å². The van der Waals surface area contributed by atoms with Gasteiger partial charge in [-0.05, 0) is 23.8 Å². The van der Waals surface area contributed by atoms with Crippen molar-refractivity contribution in [2.24, 2.45) is 5.84 Å². The molecule has 1 atom stereocenters. The van der Waals surface area contributed by atoms with Crippen molar-refractivity contribution in [1.82, 2.24) is 5.43 Å². The van der Waals surface area contributed by atoms with Gasteiger partial charge in [-0.2, -0.15) is 0 Å². The van der Waals surface area contributed by atoms with Gasteiger partial charge in [-0.25, -0.2) is 18.6 Å². The molecule has 3 N–H and O–H groups in total. The maximum atomic E-state index is 13.8. The van der Waals surface area contributed by atoms with Crippen LogP contribution in [0, 0.1) is 17.5 Å². The summed E-state index contributed by atoms with van der Waals surface area (Å²) in [4.78, 5) is 0. The first-order valence-electron chi connectivity index (χ1n) is 5.50. The second kappa shape index (κ2) is 6.13. The lowest BCUT2D eigenvalue weighted by Gasteiger charge is -2.19. The standard InChI is InChI=1S/C13H9BrClF3N2/c14-6-1-2-7(9(15)5-6)13(20-19)8-3-4-10(16)12(18)11(8)17/h1-5,13,20H,19H2. The Morgan fingerprint density at radius 2 is 1.70 bits per heavy atom. The van der Waals surface area contributed by atoms with E-state index >= 15 is 0 Å². The molecule has 0 aromatic heterocycles. The van der Waals surface area contributed by atoms with E-state index in [1.165, 1.54) is 0 Å². The van der Waals surface area contributed by atoms with Gasteiger partial charge < -0.3 is 0 Å². The van der Waals surface area contributed by atoms with Gasteiger partial charge in [0, 0.05) is 15.1 Å². The van der Waals surface area contributed by atoms with E-state index in [9.17, 15) is 13.2 Å². The zero-order valence-corrected chi connectivity index (χ0v) is 12.3. The molecular formula is C13H9BrClF3N2. The molecule has 20 heavy (non-hydrogen) atoms. The average molecular weight is 366 g/mol. The maximum Gasteiger partial charge on any atom is 0.194 e. The first-order chi connectivity index (χ1) is 9.45. The number of halogens is 5. The molecular weight excluding hydrogens is 357 g/mol. The zero-order chi connectivity index (χ0) is 14.9. The minimum Gasteiger partial charge on any atom is -0.271 e. The fourth-order valence-corrected chi connectivity index (χ4v) is 2.63. The van der Waals surface area contributed by atoms with Crippen molar-refractivity contribution in [1.29, 1.82) is 0 Å². The predicted octanol–water partition coefficient (Wildman–Crippen LogP) is 4.07. The molecule has 0 aliphatic heterocycles.